The zero-order valence-corrected chi connectivity index (χ0v) is 11.7. The van der Waals surface area contributed by atoms with Gasteiger partial charge in [-0.2, -0.15) is 5.10 Å². The molecule has 1 aromatic heterocycles. The number of hydrogen-bond acceptors (Lipinski definition) is 4. The third-order valence-corrected chi connectivity index (χ3v) is 3.82. The van der Waals surface area contributed by atoms with E-state index in [0.717, 1.165) is 38.4 Å². The van der Waals surface area contributed by atoms with Crippen LogP contribution in [-0.2, 0) is 13.1 Å². The van der Waals surface area contributed by atoms with E-state index in [9.17, 15) is 0 Å². The second-order valence-corrected chi connectivity index (χ2v) is 5.18. The van der Waals surface area contributed by atoms with Crippen molar-refractivity contribution in [1.29, 1.82) is 0 Å². The molecule has 2 heterocycles. The molecular weight excluding hydrogens is 228 g/mol. The minimum absolute atomic E-state index is 0.149. The molecule has 0 saturated carbocycles. The van der Waals surface area contributed by atoms with Gasteiger partial charge in [-0.15, -0.1) is 0 Å². The molecular formula is C13H24N4O. The summed E-state index contributed by atoms with van der Waals surface area (Å²) < 4.78 is 1.92. The van der Waals surface area contributed by atoms with E-state index in [-0.39, 0.29) is 6.61 Å². The first-order valence-corrected chi connectivity index (χ1v) is 6.66. The van der Waals surface area contributed by atoms with Crippen molar-refractivity contribution in [2.45, 2.75) is 26.9 Å². The highest BCUT2D eigenvalue weighted by Gasteiger charge is 2.18. The van der Waals surface area contributed by atoms with Crippen LogP contribution in [0.5, 0.6) is 0 Å². The number of rotatable bonds is 4. The van der Waals surface area contributed by atoms with E-state index in [1.165, 1.54) is 11.3 Å². The molecule has 0 amide bonds. The summed E-state index contributed by atoms with van der Waals surface area (Å²) in [5.74, 6) is 0. The molecule has 2 rings (SSSR count). The van der Waals surface area contributed by atoms with Crippen molar-refractivity contribution >= 4 is 0 Å². The van der Waals surface area contributed by atoms with Gasteiger partial charge in [0, 0.05) is 44.0 Å². The highest BCUT2D eigenvalue weighted by molar-refractivity contribution is 5.24. The van der Waals surface area contributed by atoms with E-state index in [0.29, 0.717) is 6.54 Å². The molecule has 1 aliphatic rings. The molecule has 102 valence electrons. The number of likely N-dealkylation sites (N-methyl/N-ethyl adjacent to an activating group) is 1. The maximum atomic E-state index is 9.02. The van der Waals surface area contributed by atoms with E-state index >= 15 is 0 Å². The Balaban J connectivity index is 2.04. The van der Waals surface area contributed by atoms with Crippen molar-refractivity contribution in [3.8, 4) is 0 Å². The molecule has 5 heteroatoms. The fraction of sp³-hybridized carbons (Fsp3) is 0.769. The largest absolute Gasteiger partial charge is 0.394 e. The van der Waals surface area contributed by atoms with Crippen molar-refractivity contribution in [3.05, 3.63) is 17.0 Å². The zero-order chi connectivity index (χ0) is 13.1. The van der Waals surface area contributed by atoms with Gasteiger partial charge in [0.1, 0.15) is 0 Å². The Hall–Kier alpha value is -0.910. The highest BCUT2D eigenvalue weighted by atomic mass is 16.3. The van der Waals surface area contributed by atoms with Crippen LogP contribution in [0, 0.1) is 13.8 Å². The SMILES string of the molecule is Cc1nn(CCO)c(C)c1CN1CCN(C)CC1. The summed E-state index contributed by atoms with van der Waals surface area (Å²) in [5.41, 5.74) is 3.62. The predicted octanol–water partition coefficient (Wildman–Crippen LogP) is 0.240. The molecule has 0 unspecified atom stereocenters. The lowest BCUT2D eigenvalue weighted by atomic mass is 10.1. The van der Waals surface area contributed by atoms with E-state index in [1.54, 1.807) is 0 Å². The molecule has 1 saturated heterocycles. The first-order chi connectivity index (χ1) is 8.61. The number of piperazine rings is 1. The topological polar surface area (TPSA) is 44.5 Å². The molecule has 0 aliphatic carbocycles. The molecule has 0 bridgehead atoms. The number of hydrogen-bond donors (Lipinski definition) is 1. The smallest absolute Gasteiger partial charge is 0.0644 e. The van der Waals surface area contributed by atoms with E-state index in [1.807, 2.05) is 4.68 Å². The fourth-order valence-electron chi connectivity index (χ4n) is 2.50. The Bertz CT molecular complexity index is 394. The average Bonchev–Trinajstić information content (AvgIpc) is 2.60. The predicted molar refractivity (Wildman–Crippen MR) is 71.6 cm³/mol. The lowest BCUT2D eigenvalue weighted by molar-refractivity contribution is 0.147. The van der Waals surface area contributed by atoms with Gasteiger partial charge in [-0.1, -0.05) is 0 Å². The van der Waals surface area contributed by atoms with Crippen LogP contribution in [-0.4, -0.2) is 64.5 Å². The van der Waals surface area contributed by atoms with Crippen LogP contribution >= 0.6 is 0 Å². The van der Waals surface area contributed by atoms with Crippen LogP contribution in [0.15, 0.2) is 0 Å². The van der Waals surface area contributed by atoms with Crippen LogP contribution < -0.4 is 0 Å². The molecule has 1 N–H and O–H groups in total. The summed E-state index contributed by atoms with van der Waals surface area (Å²) in [5, 5.41) is 13.5. The van der Waals surface area contributed by atoms with Crippen LogP contribution in [0.1, 0.15) is 17.0 Å². The van der Waals surface area contributed by atoms with Crippen LogP contribution in [0.25, 0.3) is 0 Å². The quantitative estimate of drug-likeness (QED) is 0.834. The number of aromatic nitrogens is 2. The van der Waals surface area contributed by atoms with Gasteiger partial charge in [0.15, 0.2) is 0 Å². The maximum Gasteiger partial charge on any atom is 0.0644 e. The molecule has 1 aromatic rings. The Kier molecular flexibility index (Phi) is 4.37. The van der Waals surface area contributed by atoms with Gasteiger partial charge in [-0.25, -0.2) is 0 Å². The van der Waals surface area contributed by atoms with Crippen LogP contribution in [0.4, 0.5) is 0 Å². The summed E-state index contributed by atoms with van der Waals surface area (Å²) in [6.07, 6.45) is 0. The van der Waals surface area contributed by atoms with Crippen molar-refractivity contribution in [3.63, 3.8) is 0 Å². The number of aliphatic hydroxyl groups is 1. The van der Waals surface area contributed by atoms with Crippen LogP contribution in [0.3, 0.4) is 0 Å². The maximum absolute atomic E-state index is 9.02. The Labute approximate surface area is 109 Å². The summed E-state index contributed by atoms with van der Waals surface area (Å²) >= 11 is 0. The van der Waals surface area contributed by atoms with Gasteiger partial charge in [-0.05, 0) is 20.9 Å². The van der Waals surface area contributed by atoms with Gasteiger partial charge >= 0.3 is 0 Å². The van der Waals surface area contributed by atoms with Crippen LogP contribution in [0.2, 0.25) is 0 Å². The van der Waals surface area contributed by atoms with Gasteiger partial charge < -0.3 is 10.0 Å². The third-order valence-electron chi connectivity index (χ3n) is 3.82. The minimum Gasteiger partial charge on any atom is -0.394 e. The Morgan fingerprint density at radius 2 is 1.83 bits per heavy atom. The standard InChI is InChI=1S/C13H24N4O/c1-11-13(12(2)17(14-11)8-9-18)10-16-6-4-15(3)5-7-16/h18H,4-10H2,1-3H3. The normalized spacial score (nSPS) is 18.4. The van der Waals surface area contributed by atoms with Crippen molar-refractivity contribution in [1.82, 2.24) is 19.6 Å². The lowest BCUT2D eigenvalue weighted by Crippen LogP contribution is -2.44. The van der Waals surface area contributed by atoms with E-state index < -0.39 is 0 Å². The number of aryl methyl sites for hydroxylation is 1. The molecule has 1 fully saturated rings. The van der Waals surface area contributed by atoms with Gasteiger partial charge in [-0.3, -0.25) is 9.58 Å². The summed E-state index contributed by atoms with van der Waals surface area (Å²) in [6, 6.07) is 0. The summed E-state index contributed by atoms with van der Waals surface area (Å²) in [7, 11) is 2.17. The van der Waals surface area contributed by atoms with Crippen molar-refractivity contribution in [2.75, 3.05) is 39.8 Å². The summed E-state index contributed by atoms with van der Waals surface area (Å²) in [6.45, 7) is 10.4. The Morgan fingerprint density at radius 3 is 2.44 bits per heavy atom. The van der Waals surface area contributed by atoms with Gasteiger partial charge in [0.2, 0.25) is 0 Å². The monoisotopic (exact) mass is 252 g/mol. The second kappa shape index (κ2) is 5.82. The second-order valence-electron chi connectivity index (χ2n) is 5.18. The highest BCUT2D eigenvalue weighted by Crippen LogP contribution is 2.16. The molecule has 0 radical (unpaired) electrons. The first-order valence-electron chi connectivity index (χ1n) is 6.66. The van der Waals surface area contributed by atoms with Gasteiger partial charge in [0.05, 0.1) is 18.8 Å². The zero-order valence-electron chi connectivity index (χ0n) is 11.7. The fourth-order valence-corrected chi connectivity index (χ4v) is 2.50. The molecule has 18 heavy (non-hydrogen) atoms. The third kappa shape index (κ3) is 2.91. The summed E-state index contributed by atoms with van der Waals surface area (Å²) in [4.78, 5) is 4.85. The first kappa shape index (κ1) is 13.5. The molecule has 0 atom stereocenters. The molecule has 5 nitrogen and oxygen atoms in total. The number of nitrogens with zero attached hydrogens (tertiary/aromatic N) is 4. The van der Waals surface area contributed by atoms with E-state index in [2.05, 4.69) is 35.8 Å². The molecule has 0 spiro atoms. The van der Waals surface area contributed by atoms with Crippen molar-refractivity contribution in [2.24, 2.45) is 0 Å². The average molecular weight is 252 g/mol. The minimum atomic E-state index is 0.149. The number of aliphatic hydroxyl groups excluding tert-OH is 1. The van der Waals surface area contributed by atoms with Crippen molar-refractivity contribution < 1.29 is 5.11 Å². The lowest BCUT2D eigenvalue weighted by Gasteiger charge is -2.32. The molecule has 0 aromatic carbocycles. The molecule has 1 aliphatic heterocycles. The van der Waals surface area contributed by atoms with Gasteiger partial charge in [0.25, 0.3) is 0 Å². The Morgan fingerprint density at radius 1 is 1.17 bits per heavy atom. The van der Waals surface area contributed by atoms with E-state index in [4.69, 9.17) is 5.11 Å².